The predicted octanol–water partition coefficient (Wildman–Crippen LogP) is 7.37. The monoisotopic (exact) mass is 575 g/mol. The number of halogens is 1. The summed E-state index contributed by atoms with van der Waals surface area (Å²) >= 11 is 7.43. The Kier molecular flexibility index (Phi) is 9.63. The molecule has 0 aliphatic rings. The zero-order chi connectivity index (χ0) is 28.5. The molecule has 1 heterocycles. The lowest BCUT2D eigenvalue weighted by Gasteiger charge is -2.17. The second kappa shape index (κ2) is 13.3. The lowest BCUT2D eigenvalue weighted by Crippen LogP contribution is -2.29. The van der Waals surface area contributed by atoms with E-state index in [9.17, 15) is 9.70 Å². The minimum absolute atomic E-state index is 0.180. The van der Waals surface area contributed by atoms with Gasteiger partial charge in [0.2, 0.25) is 0 Å². The van der Waals surface area contributed by atoms with Crippen molar-refractivity contribution < 1.29 is 9.53 Å². The Hall–Kier alpha value is -4.08. The van der Waals surface area contributed by atoms with Gasteiger partial charge in [-0.25, -0.2) is 4.98 Å². The Morgan fingerprint density at radius 1 is 0.975 bits per heavy atom. The number of nitroso groups, excluding NO2 is 1. The van der Waals surface area contributed by atoms with Crippen molar-refractivity contribution in [1.29, 1.82) is 0 Å². The summed E-state index contributed by atoms with van der Waals surface area (Å²) in [6.07, 6.45) is 1.54. The first-order valence-electron chi connectivity index (χ1n) is 12.6. The van der Waals surface area contributed by atoms with E-state index in [1.165, 1.54) is 11.9 Å². The molecule has 0 saturated heterocycles. The molecule has 0 saturated carbocycles. The Balaban J connectivity index is 1.38. The molecule has 0 aliphatic heterocycles. The Labute approximate surface area is 243 Å². The smallest absolute Gasteiger partial charge is 0.254 e. The average Bonchev–Trinajstić information content (AvgIpc) is 2.98. The second-order valence-corrected chi connectivity index (χ2v) is 10.6. The molecule has 0 radical (unpaired) electrons. The molecule has 206 valence electrons. The maximum atomic E-state index is 12.3. The fourth-order valence-corrected chi connectivity index (χ4v) is 4.91. The second-order valence-electron chi connectivity index (χ2n) is 9.41. The first-order valence-corrected chi connectivity index (χ1v) is 13.8. The third-order valence-corrected chi connectivity index (χ3v) is 7.36. The van der Waals surface area contributed by atoms with Crippen LogP contribution < -0.4 is 20.1 Å². The maximum absolute atomic E-state index is 12.3. The van der Waals surface area contributed by atoms with Crippen LogP contribution >= 0.6 is 23.5 Å². The van der Waals surface area contributed by atoms with Gasteiger partial charge in [0, 0.05) is 30.7 Å². The number of carbonyl (C=O) groups excluding carboxylic acids is 1. The molecule has 4 aromatic rings. The van der Waals surface area contributed by atoms with Crippen molar-refractivity contribution in [2.75, 3.05) is 30.2 Å². The van der Waals surface area contributed by atoms with E-state index in [1.54, 1.807) is 39.3 Å². The molecule has 10 heteroatoms. The molecule has 0 bridgehead atoms. The summed E-state index contributed by atoms with van der Waals surface area (Å²) in [4.78, 5) is 28.4. The van der Waals surface area contributed by atoms with Crippen LogP contribution in [0.25, 0.3) is 11.1 Å². The quantitative estimate of drug-likeness (QED) is 0.0700. The molecule has 0 unspecified atom stereocenters. The van der Waals surface area contributed by atoms with Crippen LogP contribution in [-0.2, 0) is 5.54 Å². The predicted molar refractivity (Wildman–Crippen MR) is 163 cm³/mol. The van der Waals surface area contributed by atoms with Crippen molar-refractivity contribution in [1.82, 2.24) is 10.3 Å². The van der Waals surface area contributed by atoms with Crippen LogP contribution in [0.2, 0.25) is 5.15 Å². The van der Waals surface area contributed by atoms with E-state index in [4.69, 9.17) is 16.3 Å². The summed E-state index contributed by atoms with van der Waals surface area (Å²) in [5, 5.41) is 9.60. The molecular formula is C30H30ClN5O3S. The first-order chi connectivity index (χ1) is 19.3. The number of pyridine rings is 1. The van der Waals surface area contributed by atoms with Crippen LogP contribution in [0.1, 0.15) is 29.8 Å². The minimum atomic E-state index is -0.806. The van der Waals surface area contributed by atoms with Crippen molar-refractivity contribution >= 4 is 40.8 Å². The molecule has 1 amide bonds. The summed E-state index contributed by atoms with van der Waals surface area (Å²) in [5.74, 6) is 0.477. The number of ether oxygens (including phenoxy) is 1. The van der Waals surface area contributed by atoms with E-state index in [0.717, 1.165) is 38.7 Å². The lowest BCUT2D eigenvalue weighted by molar-refractivity contribution is 0.0955. The third-order valence-electron chi connectivity index (χ3n) is 6.18. The van der Waals surface area contributed by atoms with Gasteiger partial charge < -0.3 is 20.1 Å². The van der Waals surface area contributed by atoms with Gasteiger partial charge >= 0.3 is 0 Å². The van der Waals surface area contributed by atoms with Crippen LogP contribution in [-0.4, -0.2) is 31.1 Å². The normalized spacial score (nSPS) is 11.0. The van der Waals surface area contributed by atoms with Gasteiger partial charge in [-0.2, -0.15) is 0 Å². The van der Waals surface area contributed by atoms with Gasteiger partial charge in [0.15, 0.2) is 0 Å². The van der Waals surface area contributed by atoms with Gasteiger partial charge in [-0.05, 0) is 91.0 Å². The fourth-order valence-electron chi connectivity index (χ4n) is 3.91. The number of aromatic nitrogens is 1. The summed E-state index contributed by atoms with van der Waals surface area (Å²) in [6.45, 7) is 4.55. The van der Waals surface area contributed by atoms with Crippen LogP contribution in [0.5, 0.6) is 5.75 Å². The largest absolute Gasteiger partial charge is 0.496 e. The zero-order valence-electron chi connectivity index (χ0n) is 22.4. The van der Waals surface area contributed by atoms with Crippen molar-refractivity contribution in [3.8, 4) is 16.9 Å². The molecule has 4 rings (SSSR count). The molecule has 0 spiro atoms. The van der Waals surface area contributed by atoms with Gasteiger partial charge in [-0.1, -0.05) is 47.1 Å². The Morgan fingerprint density at radius 3 is 2.52 bits per heavy atom. The molecule has 0 atom stereocenters. The van der Waals surface area contributed by atoms with E-state index in [2.05, 4.69) is 31.6 Å². The number of rotatable bonds is 12. The summed E-state index contributed by atoms with van der Waals surface area (Å²) in [5.41, 5.74) is 4.19. The highest BCUT2D eigenvalue weighted by molar-refractivity contribution is 8.00. The Bertz CT molecular complexity index is 1500. The van der Waals surface area contributed by atoms with Crippen LogP contribution in [0, 0.1) is 4.91 Å². The maximum Gasteiger partial charge on any atom is 0.254 e. The molecule has 3 N–H and O–H groups in total. The minimum Gasteiger partial charge on any atom is -0.496 e. The molecular weight excluding hydrogens is 546 g/mol. The van der Waals surface area contributed by atoms with Crippen molar-refractivity contribution in [2.24, 2.45) is 5.18 Å². The SMILES string of the molecule is COc1ccc(-c2cccc(C(C)(C)N=O)c2)cc1SNc1cccc(NCCNC(=O)c2cccnc2Cl)c1. The summed E-state index contributed by atoms with van der Waals surface area (Å²) < 4.78 is 8.98. The standard InChI is InChI=1S/C30H30ClN5O3S/c1-30(2,36-38)22-8-4-7-20(17-22)21-12-13-26(39-3)27(18-21)40-35-24-10-5-9-23(19-24)32-15-16-34-29(37)25-11-6-14-33-28(25)31/h4-14,17-19,32,35H,15-16H2,1-3H3,(H,34,37). The summed E-state index contributed by atoms with van der Waals surface area (Å²) in [7, 11) is 1.64. The number of hydrogen-bond donors (Lipinski definition) is 3. The molecule has 0 aliphatic carbocycles. The number of nitrogens with zero attached hydrogens (tertiary/aromatic N) is 2. The Morgan fingerprint density at radius 2 is 1.75 bits per heavy atom. The van der Waals surface area contributed by atoms with E-state index in [0.29, 0.717) is 18.7 Å². The first kappa shape index (κ1) is 28.9. The number of benzene rings is 3. The van der Waals surface area contributed by atoms with Gasteiger partial charge in [-0.15, -0.1) is 4.91 Å². The molecule has 8 nitrogen and oxygen atoms in total. The summed E-state index contributed by atoms with van der Waals surface area (Å²) in [6, 6.07) is 25.0. The van der Waals surface area contributed by atoms with E-state index < -0.39 is 5.54 Å². The van der Waals surface area contributed by atoms with Crippen LogP contribution in [0.3, 0.4) is 0 Å². The average molecular weight is 576 g/mol. The highest BCUT2D eigenvalue weighted by atomic mass is 35.5. The molecule has 0 fully saturated rings. The van der Waals surface area contributed by atoms with Gasteiger partial charge in [-0.3, -0.25) is 4.79 Å². The van der Waals surface area contributed by atoms with Crippen molar-refractivity contribution in [3.63, 3.8) is 0 Å². The van der Waals surface area contributed by atoms with Crippen LogP contribution in [0.4, 0.5) is 11.4 Å². The highest BCUT2D eigenvalue weighted by Crippen LogP contribution is 2.36. The van der Waals surface area contributed by atoms with Gasteiger partial charge in [0.05, 0.1) is 17.6 Å². The topological polar surface area (TPSA) is 105 Å². The van der Waals surface area contributed by atoms with E-state index >= 15 is 0 Å². The molecule has 40 heavy (non-hydrogen) atoms. The van der Waals surface area contributed by atoms with Crippen molar-refractivity contribution in [3.05, 3.63) is 106 Å². The zero-order valence-corrected chi connectivity index (χ0v) is 24.0. The van der Waals surface area contributed by atoms with Crippen molar-refractivity contribution in [2.45, 2.75) is 24.3 Å². The lowest BCUT2D eigenvalue weighted by atomic mass is 9.92. The highest BCUT2D eigenvalue weighted by Gasteiger charge is 2.21. The van der Waals surface area contributed by atoms with E-state index in [-0.39, 0.29) is 11.1 Å². The molecule has 1 aromatic heterocycles. The third kappa shape index (κ3) is 7.31. The fraction of sp³-hybridized carbons (Fsp3) is 0.200. The van der Waals surface area contributed by atoms with Crippen LogP contribution in [0.15, 0.2) is 95.1 Å². The number of methoxy groups -OCH3 is 1. The number of carbonyl (C=O) groups is 1. The molecule has 3 aromatic carbocycles. The number of nitrogens with one attached hydrogen (secondary N) is 3. The van der Waals surface area contributed by atoms with E-state index in [1.807, 2.05) is 60.7 Å². The van der Waals surface area contributed by atoms with Gasteiger partial charge in [0.1, 0.15) is 16.4 Å². The van der Waals surface area contributed by atoms with Gasteiger partial charge in [0.25, 0.3) is 5.91 Å². The number of hydrogen-bond acceptors (Lipinski definition) is 8. The number of anilines is 2. The number of amides is 1.